The van der Waals surface area contributed by atoms with Gasteiger partial charge in [-0.1, -0.05) is 29.8 Å². The average Bonchev–Trinajstić information content (AvgIpc) is 2.50. The van der Waals surface area contributed by atoms with Gasteiger partial charge in [-0.3, -0.25) is 0 Å². The SMILES string of the molecule is COc1ccccc1CC(C)(CN)Nc1ccc(Cl)cc1. The van der Waals surface area contributed by atoms with Crippen LogP contribution in [0.25, 0.3) is 0 Å². The molecule has 0 fully saturated rings. The van der Waals surface area contributed by atoms with E-state index in [1.54, 1.807) is 7.11 Å². The molecule has 0 aliphatic rings. The Labute approximate surface area is 131 Å². The number of nitrogens with one attached hydrogen (secondary N) is 1. The summed E-state index contributed by atoms with van der Waals surface area (Å²) < 4.78 is 5.42. The van der Waals surface area contributed by atoms with Crippen molar-refractivity contribution in [1.29, 1.82) is 0 Å². The molecule has 0 aliphatic heterocycles. The first-order valence-corrected chi connectivity index (χ1v) is 7.30. The Hall–Kier alpha value is -1.71. The number of anilines is 1. The van der Waals surface area contributed by atoms with Crippen LogP contribution in [0, 0.1) is 0 Å². The summed E-state index contributed by atoms with van der Waals surface area (Å²) >= 11 is 5.92. The van der Waals surface area contributed by atoms with Crippen LogP contribution in [0.3, 0.4) is 0 Å². The molecule has 0 spiro atoms. The van der Waals surface area contributed by atoms with Crippen molar-refractivity contribution in [1.82, 2.24) is 0 Å². The van der Waals surface area contributed by atoms with Crippen LogP contribution in [-0.2, 0) is 6.42 Å². The van der Waals surface area contributed by atoms with Crippen molar-refractivity contribution < 1.29 is 4.74 Å². The van der Waals surface area contributed by atoms with Gasteiger partial charge in [0.25, 0.3) is 0 Å². The molecule has 0 aliphatic carbocycles. The summed E-state index contributed by atoms with van der Waals surface area (Å²) in [6.07, 6.45) is 0.774. The monoisotopic (exact) mass is 304 g/mol. The van der Waals surface area contributed by atoms with Crippen LogP contribution < -0.4 is 15.8 Å². The summed E-state index contributed by atoms with van der Waals surface area (Å²) in [7, 11) is 1.69. The van der Waals surface area contributed by atoms with Gasteiger partial charge < -0.3 is 15.8 Å². The van der Waals surface area contributed by atoms with Gasteiger partial charge in [-0.05, 0) is 49.2 Å². The predicted molar refractivity (Wildman–Crippen MR) is 89.2 cm³/mol. The largest absolute Gasteiger partial charge is 0.496 e. The van der Waals surface area contributed by atoms with Crippen LogP contribution in [0.1, 0.15) is 12.5 Å². The molecule has 2 aromatic carbocycles. The maximum atomic E-state index is 5.99. The third-order valence-electron chi connectivity index (χ3n) is 3.51. The molecule has 21 heavy (non-hydrogen) atoms. The second-order valence-electron chi connectivity index (χ2n) is 5.39. The highest BCUT2D eigenvalue weighted by atomic mass is 35.5. The fourth-order valence-corrected chi connectivity index (χ4v) is 2.44. The van der Waals surface area contributed by atoms with Crippen molar-refractivity contribution in [3.63, 3.8) is 0 Å². The van der Waals surface area contributed by atoms with Crippen molar-refractivity contribution in [2.45, 2.75) is 18.9 Å². The molecule has 0 amide bonds. The first-order valence-electron chi connectivity index (χ1n) is 6.92. The Bertz CT molecular complexity index is 586. The van der Waals surface area contributed by atoms with Gasteiger partial charge in [0, 0.05) is 17.3 Å². The lowest BCUT2D eigenvalue weighted by Gasteiger charge is -2.31. The van der Waals surface area contributed by atoms with Crippen molar-refractivity contribution in [3.05, 3.63) is 59.1 Å². The number of methoxy groups -OCH3 is 1. The highest BCUT2D eigenvalue weighted by Crippen LogP contribution is 2.25. The molecule has 0 saturated heterocycles. The lowest BCUT2D eigenvalue weighted by molar-refractivity contribution is 0.403. The van der Waals surface area contributed by atoms with Crippen LogP contribution in [0.2, 0.25) is 5.02 Å². The van der Waals surface area contributed by atoms with Gasteiger partial charge in [-0.2, -0.15) is 0 Å². The third-order valence-corrected chi connectivity index (χ3v) is 3.77. The standard InChI is InChI=1S/C17H21ClN2O/c1-17(12-19,20-15-9-7-14(18)8-10-15)11-13-5-3-4-6-16(13)21-2/h3-10,20H,11-12,19H2,1-2H3. The number of hydrogen-bond donors (Lipinski definition) is 2. The van der Waals surface area contributed by atoms with Crippen LogP contribution >= 0.6 is 11.6 Å². The van der Waals surface area contributed by atoms with Gasteiger partial charge in [-0.15, -0.1) is 0 Å². The Morgan fingerprint density at radius 2 is 1.81 bits per heavy atom. The van der Waals surface area contributed by atoms with Gasteiger partial charge in [0.1, 0.15) is 5.75 Å². The highest BCUT2D eigenvalue weighted by molar-refractivity contribution is 6.30. The quantitative estimate of drug-likeness (QED) is 0.855. The molecule has 0 bridgehead atoms. The maximum absolute atomic E-state index is 5.99. The zero-order valence-corrected chi connectivity index (χ0v) is 13.2. The van der Waals surface area contributed by atoms with E-state index in [2.05, 4.69) is 18.3 Å². The Morgan fingerprint density at radius 3 is 2.43 bits per heavy atom. The summed E-state index contributed by atoms with van der Waals surface area (Å²) in [6.45, 7) is 2.61. The number of benzene rings is 2. The molecule has 0 saturated carbocycles. The molecule has 2 aromatic rings. The van der Waals surface area contributed by atoms with Crippen LogP contribution in [-0.4, -0.2) is 19.2 Å². The molecule has 0 radical (unpaired) electrons. The second kappa shape index (κ2) is 6.83. The lowest BCUT2D eigenvalue weighted by Crippen LogP contribution is -2.44. The first kappa shape index (κ1) is 15.7. The minimum atomic E-state index is -0.261. The zero-order valence-electron chi connectivity index (χ0n) is 12.4. The molecular formula is C17H21ClN2O. The third kappa shape index (κ3) is 4.13. The molecular weight excluding hydrogens is 284 g/mol. The van der Waals surface area contributed by atoms with Crippen LogP contribution in [0.4, 0.5) is 5.69 Å². The number of para-hydroxylation sites is 1. The first-order chi connectivity index (χ1) is 10.1. The van der Waals surface area contributed by atoms with E-state index in [0.29, 0.717) is 6.54 Å². The minimum absolute atomic E-state index is 0.261. The van der Waals surface area contributed by atoms with E-state index in [1.807, 2.05) is 42.5 Å². The van der Waals surface area contributed by atoms with E-state index in [1.165, 1.54) is 0 Å². The lowest BCUT2D eigenvalue weighted by atomic mass is 9.92. The molecule has 2 rings (SSSR count). The fourth-order valence-electron chi connectivity index (χ4n) is 2.32. The van der Waals surface area contributed by atoms with E-state index in [-0.39, 0.29) is 5.54 Å². The average molecular weight is 305 g/mol. The number of nitrogens with two attached hydrogens (primary N) is 1. The van der Waals surface area contributed by atoms with E-state index in [9.17, 15) is 0 Å². The van der Waals surface area contributed by atoms with Crippen LogP contribution in [0.15, 0.2) is 48.5 Å². The van der Waals surface area contributed by atoms with Crippen molar-refractivity contribution >= 4 is 17.3 Å². The Kier molecular flexibility index (Phi) is 5.10. The van der Waals surface area contributed by atoms with E-state index in [0.717, 1.165) is 28.4 Å². The topological polar surface area (TPSA) is 47.3 Å². The second-order valence-corrected chi connectivity index (χ2v) is 5.82. The predicted octanol–water partition coefficient (Wildman–Crippen LogP) is 3.72. The normalized spacial score (nSPS) is 13.5. The molecule has 1 unspecified atom stereocenters. The number of ether oxygens (including phenoxy) is 1. The van der Waals surface area contributed by atoms with E-state index in [4.69, 9.17) is 22.1 Å². The summed E-state index contributed by atoms with van der Waals surface area (Å²) in [5, 5.41) is 4.21. The summed E-state index contributed by atoms with van der Waals surface area (Å²) in [6, 6.07) is 15.7. The van der Waals surface area contributed by atoms with Crippen molar-refractivity contribution in [2.24, 2.45) is 5.73 Å². The van der Waals surface area contributed by atoms with Gasteiger partial charge in [0.2, 0.25) is 0 Å². The van der Waals surface area contributed by atoms with Gasteiger partial charge in [0.05, 0.1) is 12.6 Å². The van der Waals surface area contributed by atoms with E-state index < -0.39 is 0 Å². The van der Waals surface area contributed by atoms with Gasteiger partial charge in [0.15, 0.2) is 0 Å². The highest BCUT2D eigenvalue weighted by Gasteiger charge is 2.24. The molecule has 0 aromatic heterocycles. The summed E-state index contributed by atoms with van der Waals surface area (Å²) in [5.41, 5.74) is 7.87. The Balaban J connectivity index is 2.18. The molecule has 112 valence electrons. The summed E-state index contributed by atoms with van der Waals surface area (Å²) in [4.78, 5) is 0. The van der Waals surface area contributed by atoms with Gasteiger partial charge >= 0.3 is 0 Å². The fraction of sp³-hybridized carbons (Fsp3) is 0.294. The zero-order chi connectivity index (χ0) is 15.3. The summed E-state index contributed by atoms with van der Waals surface area (Å²) in [5.74, 6) is 0.884. The molecule has 1 atom stereocenters. The number of halogens is 1. The number of hydrogen-bond acceptors (Lipinski definition) is 3. The van der Waals surface area contributed by atoms with E-state index >= 15 is 0 Å². The molecule has 0 heterocycles. The van der Waals surface area contributed by atoms with Gasteiger partial charge in [-0.25, -0.2) is 0 Å². The minimum Gasteiger partial charge on any atom is -0.496 e. The smallest absolute Gasteiger partial charge is 0.122 e. The molecule has 3 N–H and O–H groups in total. The van der Waals surface area contributed by atoms with Crippen molar-refractivity contribution in [3.8, 4) is 5.75 Å². The van der Waals surface area contributed by atoms with Crippen molar-refractivity contribution in [2.75, 3.05) is 19.0 Å². The maximum Gasteiger partial charge on any atom is 0.122 e. The van der Waals surface area contributed by atoms with Crippen LogP contribution in [0.5, 0.6) is 5.75 Å². The molecule has 3 nitrogen and oxygen atoms in total. The molecule has 4 heteroatoms. The number of rotatable bonds is 6. The Morgan fingerprint density at radius 1 is 1.14 bits per heavy atom.